The highest BCUT2D eigenvalue weighted by Gasteiger charge is 2.46. The van der Waals surface area contributed by atoms with Crippen molar-refractivity contribution in [3.8, 4) is 5.75 Å². The number of hydrogen-bond acceptors (Lipinski definition) is 5. The molecule has 0 bridgehead atoms. The Morgan fingerprint density at radius 3 is 2.44 bits per heavy atom. The van der Waals surface area contributed by atoms with Gasteiger partial charge in [0.15, 0.2) is 0 Å². The van der Waals surface area contributed by atoms with E-state index < -0.39 is 23.5 Å². The molecule has 0 spiro atoms. The fraction of sp³-hybridized carbons (Fsp3) is 0.222. The van der Waals surface area contributed by atoms with Crippen LogP contribution >= 0.6 is 0 Å². The Hall–Kier alpha value is -4.00. The molecule has 1 amide bonds. The predicted octanol–water partition coefficient (Wildman–Crippen LogP) is 4.94. The van der Waals surface area contributed by atoms with Crippen molar-refractivity contribution in [2.24, 2.45) is 0 Å². The van der Waals surface area contributed by atoms with Gasteiger partial charge in [0.1, 0.15) is 17.3 Å². The third-order valence-electron chi connectivity index (χ3n) is 5.74. The molecule has 7 heteroatoms. The van der Waals surface area contributed by atoms with Gasteiger partial charge in [-0.25, -0.2) is 4.39 Å². The number of halogens is 1. The number of carbonyl (C=O) groups excluding carboxylic acids is 2. The summed E-state index contributed by atoms with van der Waals surface area (Å²) in [5.41, 5.74) is 2.46. The van der Waals surface area contributed by atoms with Crippen LogP contribution < -0.4 is 4.74 Å². The first-order valence-electron chi connectivity index (χ1n) is 11.1. The molecule has 1 fully saturated rings. The summed E-state index contributed by atoms with van der Waals surface area (Å²) in [6.45, 7) is 4.56. The summed E-state index contributed by atoms with van der Waals surface area (Å²) in [5.74, 6) is -1.55. The number of aryl methyl sites for hydroxylation is 1. The highest BCUT2D eigenvalue weighted by molar-refractivity contribution is 6.46. The predicted molar refractivity (Wildman–Crippen MR) is 125 cm³/mol. The van der Waals surface area contributed by atoms with Crippen LogP contribution in [0, 0.1) is 12.7 Å². The van der Waals surface area contributed by atoms with Gasteiger partial charge in [-0.1, -0.05) is 19.1 Å². The molecular formula is C27H25FN2O4. The number of pyridine rings is 1. The van der Waals surface area contributed by atoms with Crippen molar-refractivity contribution < 1.29 is 23.8 Å². The third-order valence-corrected chi connectivity index (χ3v) is 5.74. The minimum absolute atomic E-state index is 0.0349. The number of ketones is 1. The molecule has 1 aliphatic heterocycles. The van der Waals surface area contributed by atoms with Crippen LogP contribution in [0.4, 0.5) is 4.39 Å². The molecule has 2 heterocycles. The quantitative estimate of drug-likeness (QED) is 0.307. The zero-order valence-electron chi connectivity index (χ0n) is 19.0. The second-order valence-corrected chi connectivity index (χ2v) is 8.16. The Morgan fingerprint density at radius 2 is 1.79 bits per heavy atom. The van der Waals surface area contributed by atoms with Gasteiger partial charge in [0, 0.05) is 24.5 Å². The maximum absolute atomic E-state index is 13.6. The van der Waals surface area contributed by atoms with Gasteiger partial charge in [-0.05, 0) is 72.5 Å². The maximum atomic E-state index is 13.6. The second kappa shape index (κ2) is 9.87. The minimum Gasteiger partial charge on any atom is -0.507 e. The van der Waals surface area contributed by atoms with Crippen LogP contribution in [0.1, 0.15) is 41.6 Å². The van der Waals surface area contributed by atoms with E-state index >= 15 is 0 Å². The summed E-state index contributed by atoms with van der Waals surface area (Å²) in [6, 6.07) is 13.3. The number of nitrogens with zero attached hydrogens (tertiary/aromatic N) is 2. The molecule has 4 rings (SSSR count). The molecule has 3 aromatic rings. The number of aliphatic hydroxyl groups is 1. The third kappa shape index (κ3) is 4.55. The van der Waals surface area contributed by atoms with Gasteiger partial charge < -0.3 is 14.7 Å². The summed E-state index contributed by atoms with van der Waals surface area (Å²) < 4.78 is 19.3. The van der Waals surface area contributed by atoms with Crippen LogP contribution in [-0.2, 0) is 16.1 Å². The second-order valence-electron chi connectivity index (χ2n) is 8.16. The molecule has 34 heavy (non-hydrogen) atoms. The monoisotopic (exact) mass is 460 g/mol. The van der Waals surface area contributed by atoms with Crippen molar-refractivity contribution >= 4 is 17.4 Å². The van der Waals surface area contributed by atoms with E-state index in [1.807, 2.05) is 13.8 Å². The lowest BCUT2D eigenvalue weighted by atomic mass is 9.94. The van der Waals surface area contributed by atoms with E-state index in [4.69, 9.17) is 4.74 Å². The van der Waals surface area contributed by atoms with Crippen molar-refractivity contribution in [1.29, 1.82) is 0 Å². The van der Waals surface area contributed by atoms with Crippen molar-refractivity contribution in [2.75, 3.05) is 6.61 Å². The number of rotatable bonds is 7. The van der Waals surface area contributed by atoms with E-state index in [9.17, 15) is 19.1 Å². The zero-order chi connectivity index (χ0) is 24.2. The lowest BCUT2D eigenvalue weighted by Crippen LogP contribution is -2.29. The number of likely N-dealkylation sites (tertiary alicyclic amines) is 1. The number of benzene rings is 2. The molecule has 1 saturated heterocycles. The number of ether oxygens (including phenoxy) is 1. The van der Waals surface area contributed by atoms with Gasteiger partial charge in [0.05, 0.1) is 18.2 Å². The largest absolute Gasteiger partial charge is 0.507 e. The van der Waals surface area contributed by atoms with Gasteiger partial charge in [-0.3, -0.25) is 14.6 Å². The number of amides is 1. The first kappa shape index (κ1) is 23.2. The molecule has 0 radical (unpaired) electrons. The van der Waals surface area contributed by atoms with E-state index in [0.717, 1.165) is 17.5 Å². The van der Waals surface area contributed by atoms with Crippen LogP contribution in [-0.4, -0.2) is 33.3 Å². The summed E-state index contributed by atoms with van der Waals surface area (Å²) in [4.78, 5) is 31.6. The van der Waals surface area contributed by atoms with Crippen LogP contribution in [0.3, 0.4) is 0 Å². The fourth-order valence-electron chi connectivity index (χ4n) is 4.05. The average Bonchev–Trinajstić information content (AvgIpc) is 3.09. The molecule has 1 aromatic heterocycles. The van der Waals surface area contributed by atoms with E-state index in [1.54, 1.807) is 42.7 Å². The summed E-state index contributed by atoms with van der Waals surface area (Å²) in [7, 11) is 0. The van der Waals surface area contributed by atoms with E-state index in [2.05, 4.69) is 4.98 Å². The SMILES string of the molecule is CCCOc1ccc(/C(O)=C2/C(=O)C(=O)N(Cc3ccncc3)C2c2ccc(F)cc2)cc1C. The molecule has 1 unspecified atom stereocenters. The van der Waals surface area contributed by atoms with Gasteiger partial charge in [0.25, 0.3) is 11.7 Å². The van der Waals surface area contributed by atoms with Crippen LogP contribution in [0.5, 0.6) is 5.75 Å². The molecule has 0 aliphatic carbocycles. The normalized spacial score (nSPS) is 17.3. The molecule has 174 valence electrons. The molecule has 1 N–H and O–H groups in total. The van der Waals surface area contributed by atoms with Crippen LogP contribution in [0.15, 0.2) is 72.6 Å². The van der Waals surface area contributed by atoms with E-state index in [-0.39, 0.29) is 17.9 Å². The topological polar surface area (TPSA) is 79.7 Å². The number of carbonyl (C=O) groups is 2. The highest BCUT2D eigenvalue weighted by atomic mass is 19.1. The Balaban J connectivity index is 1.81. The summed E-state index contributed by atoms with van der Waals surface area (Å²) >= 11 is 0. The Bertz CT molecular complexity index is 1240. The number of aliphatic hydroxyl groups excluding tert-OH is 1. The van der Waals surface area contributed by atoms with Gasteiger partial charge in [-0.2, -0.15) is 0 Å². The number of Topliss-reactive ketones (excluding diaryl/α,β-unsaturated/α-hetero) is 1. The molecule has 2 aromatic carbocycles. The van der Waals surface area contributed by atoms with Gasteiger partial charge in [-0.15, -0.1) is 0 Å². The maximum Gasteiger partial charge on any atom is 0.295 e. The number of aromatic nitrogens is 1. The lowest BCUT2D eigenvalue weighted by molar-refractivity contribution is -0.140. The molecule has 1 aliphatic rings. The van der Waals surface area contributed by atoms with E-state index in [0.29, 0.717) is 23.5 Å². The Kier molecular flexibility index (Phi) is 6.72. The van der Waals surface area contributed by atoms with Crippen molar-refractivity contribution in [3.05, 3.63) is 101 Å². The first-order valence-corrected chi connectivity index (χ1v) is 11.1. The molecule has 0 saturated carbocycles. The first-order chi connectivity index (χ1) is 16.4. The van der Waals surface area contributed by atoms with Gasteiger partial charge in [0.2, 0.25) is 0 Å². The Morgan fingerprint density at radius 1 is 1.09 bits per heavy atom. The summed E-state index contributed by atoms with van der Waals surface area (Å²) in [6.07, 6.45) is 4.06. The smallest absolute Gasteiger partial charge is 0.295 e. The lowest BCUT2D eigenvalue weighted by Gasteiger charge is -2.25. The summed E-state index contributed by atoms with van der Waals surface area (Å²) in [5, 5.41) is 11.2. The Labute approximate surface area is 197 Å². The van der Waals surface area contributed by atoms with Crippen molar-refractivity contribution in [3.63, 3.8) is 0 Å². The molecule has 6 nitrogen and oxygen atoms in total. The van der Waals surface area contributed by atoms with Gasteiger partial charge >= 0.3 is 0 Å². The average molecular weight is 461 g/mol. The molecule has 1 atom stereocenters. The zero-order valence-corrected chi connectivity index (χ0v) is 19.0. The van der Waals surface area contributed by atoms with Crippen LogP contribution in [0.25, 0.3) is 5.76 Å². The standard InChI is InChI=1S/C27H25FN2O4/c1-3-14-34-22-9-6-20(15-17(22)2)25(31)23-24(19-4-7-21(28)8-5-19)30(27(33)26(23)32)16-18-10-12-29-13-11-18/h4-13,15,24,31H,3,14,16H2,1-2H3/b25-23-. The fourth-order valence-corrected chi connectivity index (χ4v) is 4.05. The molecular weight excluding hydrogens is 435 g/mol. The van der Waals surface area contributed by atoms with Crippen LogP contribution in [0.2, 0.25) is 0 Å². The van der Waals surface area contributed by atoms with E-state index in [1.165, 1.54) is 29.2 Å². The highest BCUT2D eigenvalue weighted by Crippen LogP contribution is 2.40. The number of hydrogen-bond donors (Lipinski definition) is 1. The van der Waals surface area contributed by atoms with Crippen molar-refractivity contribution in [2.45, 2.75) is 32.9 Å². The minimum atomic E-state index is -0.870. The van der Waals surface area contributed by atoms with Crippen molar-refractivity contribution in [1.82, 2.24) is 9.88 Å².